The highest BCUT2D eigenvalue weighted by Gasteiger charge is 2.16. The van der Waals surface area contributed by atoms with E-state index in [2.05, 4.69) is 0 Å². The molecule has 1 aromatic heterocycles. The minimum absolute atomic E-state index is 0.169. The second kappa shape index (κ2) is 6.67. The fourth-order valence-corrected chi connectivity index (χ4v) is 3.09. The first-order valence-electron chi connectivity index (χ1n) is 6.67. The molecule has 1 aromatic carbocycles. The topological polar surface area (TPSA) is 91.6 Å². The van der Waals surface area contributed by atoms with Crippen molar-refractivity contribution < 1.29 is 18.4 Å². The van der Waals surface area contributed by atoms with Gasteiger partial charge in [0.25, 0.3) is 15.9 Å². The van der Waals surface area contributed by atoms with Crippen molar-refractivity contribution in [3.05, 3.63) is 54.4 Å². The minimum Gasteiger partial charge on any atom is -0.378 e. The summed E-state index contributed by atoms with van der Waals surface area (Å²) >= 11 is 0. The molecule has 0 spiro atoms. The monoisotopic (exact) mass is 335 g/mol. The number of anilines is 1. The Kier molecular flexibility index (Phi) is 4.87. The van der Waals surface area contributed by atoms with E-state index in [0.29, 0.717) is 5.56 Å². The Labute approximate surface area is 134 Å². The Balaban J connectivity index is 2.28. The van der Waals surface area contributed by atoms with Crippen LogP contribution in [-0.2, 0) is 14.8 Å². The van der Waals surface area contributed by atoms with Gasteiger partial charge < -0.3 is 4.90 Å². The standard InChI is InChI=1S/C15H17N3O4S/c1-17(2)13-4-6-14(7-5-13)23(21,22)18-10-9-12(11-18)3-8-15(19)16-20/h3-11,20H,1-2H3,(H,16,19)/b8-3+. The molecular formula is C15H17N3O4S. The molecular weight excluding hydrogens is 318 g/mol. The average molecular weight is 335 g/mol. The summed E-state index contributed by atoms with van der Waals surface area (Å²) in [6.45, 7) is 0. The third kappa shape index (κ3) is 3.79. The molecule has 0 atom stereocenters. The normalized spacial score (nSPS) is 11.6. The zero-order chi connectivity index (χ0) is 17.0. The van der Waals surface area contributed by atoms with Gasteiger partial charge in [0.05, 0.1) is 4.90 Å². The number of hydroxylamine groups is 1. The van der Waals surface area contributed by atoms with Crippen molar-refractivity contribution in [1.82, 2.24) is 9.45 Å². The molecule has 1 heterocycles. The Hall–Kier alpha value is -2.58. The molecule has 7 nitrogen and oxygen atoms in total. The molecule has 0 fully saturated rings. The van der Waals surface area contributed by atoms with Crippen molar-refractivity contribution in [1.29, 1.82) is 0 Å². The van der Waals surface area contributed by atoms with E-state index in [0.717, 1.165) is 15.7 Å². The van der Waals surface area contributed by atoms with Crippen LogP contribution in [0.3, 0.4) is 0 Å². The molecule has 0 bridgehead atoms. The van der Waals surface area contributed by atoms with Crippen molar-refractivity contribution in [2.75, 3.05) is 19.0 Å². The first kappa shape index (κ1) is 16.8. The number of amides is 1. The first-order chi connectivity index (χ1) is 10.8. The van der Waals surface area contributed by atoms with Crippen LogP contribution in [0.4, 0.5) is 5.69 Å². The van der Waals surface area contributed by atoms with Gasteiger partial charge in [-0.1, -0.05) is 0 Å². The highest BCUT2D eigenvalue weighted by molar-refractivity contribution is 7.90. The molecule has 2 N–H and O–H groups in total. The van der Waals surface area contributed by atoms with Crippen molar-refractivity contribution in [2.24, 2.45) is 0 Å². The smallest absolute Gasteiger partial charge is 0.267 e. The number of carbonyl (C=O) groups excluding carboxylic acids is 1. The molecule has 23 heavy (non-hydrogen) atoms. The lowest BCUT2D eigenvalue weighted by molar-refractivity contribution is -0.124. The summed E-state index contributed by atoms with van der Waals surface area (Å²) in [5, 5.41) is 8.40. The molecule has 8 heteroatoms. The van der Waals surface area contributed by atoms with Gasteiger partial charge in [0, 0.05) is 38.3 Å². The highest BCUT2D eigenvalue weighted by Crippen LogP contribution is 2.19. The molecule has 0 saturated heterocycles. The average Bonchev–Trinajstić information content (AvgIpc) is 3.02. The van der Waals surface area contributed by atoms with Crippen molar-refractivity contribution in [3.8, 4) is 0 Å². The molecule has 0 aliphatic carbocycles. The summed E-state index contributed by atoms with van der Waals surface area (Å²) in [5.74, 6) is -0.695. The minimum atomic E-state index is -3.69. The summed E-state index contributed by atoms with van der Waals surface area (Å²) in [6, 6.07) is 8.08. The van der Waals surface area contributed by atoms with Crippen LogP contribution in [-0.4, -0.2) is 37.6 Å². The number of nitrogens with zero attached hydrogens (tertiary/aromatic N) is 2. The summed E-state index contributed by atoms with van der Waals surface area (Å²) in [5.41, 5.74) is 2.87. The maximum atomic E-state index is 12.5. The Bertz CT molecular complexity index is 821. The number of nitrogens with one attached hydrogen (secondary N) is 1. The summed E-state index contributed by atoms with van der Waals surface area (Å²) in [7, 11) is 0.0528. The largest absolute Gasteiger partial charge is 0.378 e. The summed E-state index contributed by atoms with van der Waals surface area (Å²) in [4.78, 5) is 13.0. The third-order valence-corrected chi connectivity index (χ3v) is 4.81. The van der Waals surface area contributed by atoms with Gasteiger partial charge in [0.2, 0.25) is 0 Å². The zero-order valence-corrected chi connectivity index (χ0v) is 13.5. The zero-order valence-electron chi connectivity index (χ0n) is 12.7. The molecule has 0 aliphatic rings. The molecule has 122 valence electrons. The number of rotatable bonds is 5. The summed E-state index contributed by atoms with van der Waals surface area (Å²) < 4.78 is 26.1. The Morgan fingerprint density at radius 3 is 2.43 bits per heavy atom. The van der Waals surface area contributed by atoms with Crippen molar-refractivity contribution in [3.63, 3.8) is 0 Å². The second-order valence-corrected chi connectivity index (χ2v) is 6.82. The predicted octanol–water partition coefficient (Wildman–Crippen LogP) is 1.31. The van der Waals surface area contributed by atoms with Crippen LogP contribution >= 0.6 is 0 Å². The molecule has 0 aliphatic heterocycles. The molecule has 2 aromatic rings. The number of hydrogen-bond donors (Lipinski definition) is 2. The molecule has 2 rings (SSSR count). The van der Waals surface area contributed by atoms with Gasteiger partial charge in [-0.25, -0.2) is 17.9 Å². The number of hydrogen-bond acceptors (Lipinski definition) is 5. The van der Waals surface area contributed by atoms with Crippen molar-refractivity contribution >= 4 is 27.7 Å². The quantitative estimate of drug-likeness (QED) is 0.488. The summed E-state index contributed by atoms with van der Waals surface area (Å²) in [6.07, 6.45) is 5.27. The SMILES string of the molecule is CN(C)c1ccc(S(=O)(=O)n2ccc(/C=C/C(=O)NO)c2)cc1. The molecule has 1 amide bonds. The van der Waals surface area contributed by atoms with Crippen LogP contribution in [0.25, 0.3) is 6.08 Å². The fourth-order valence-electron chi connectivity index (χ4n) is 1.89. The Morgan fingerprint density at radius 1 is 1.22 bits per heavy atom. The lowest BCUT2D eigenvalue weighted by Crippen LogP contribution is -2.14. The van der Waals surface area contributed by atoms with Crippen LogP contribution in [0, 0.1) is 0 Å². The van der Waals surface area contributed by atoms with Gasteiger partial charge in [-0.2, -0.15) is 0 Å². The van der Waals surface area contributed by atoms with Crippen LogP contribution in [0.2, 0.25) is 0 Å². The third-order valence-electron chi connectivity index (χ3n) is 3.16. The van der Waals surface area contributed by atoms with Gasteiger partial charge in [0.1, 0.15) is 0 Å². The van der Waals surface area contributed by atoms with E-state index in [1.165, 1.54) is 23.9 Å². The van der Waals surface area contributed by atoms with E-state index in [-0.39, 0.29) is 4.90 Å². The van der Waals surface area contributed by atoms with Crippen LogP contribution in [0.1, 0.15) is 5.56 Å². The highest BCUT2D eigenvalue weighted by atomic mass is 32.2. The molecule has 0 saturated carbocycles. The van der Waals surface area contributed by atoms with Gasteiger partial charge >= 0.3 is 0 Å². The predicted molar refractivity (Wildman–Crippen MR) is 86.7 cm³/mol. The van der Waals surface area contributed by atoms with Gasteiger partial charge in [-0.05, 0) is 42.0 Å². The van der Waals surface area contributed by atoms with Crippen LogP contribution in [0.5, 0.6) is 0 Å². The molecule has 0 radical (unpaired) electrons. The maximum absolute atomic E-state index is 12.5. The maximum Gasteiger partial charge on any atom is 0.267 e. The van der Waals surface area contributed by atoms with E-state index in [1.54, 1.807) is 30.3 Å². The van der Waals surface area contributed by atoms with Gasteiger partial charge in [-0.15, -0.1) is 0 Å². The van der Waals surface area contributed by atoms with E-state index >= 15 is 0 Å². The lowest BCUT2D eigenvalue weighted by atomic mass is 10.3. The lowest BCUT2D eigenvalue weighted by Gasteiger charge is -2.13. The number of carbonyl (C=O) groups is 1. The van der Waals surface area contributed by atoms with Crippen molar-refractivity contribution in [2.45, 2.75) is 4.90 Å². The number of benzene rings is 1. The van der Waals surface area contributed by atoms with E-state index in [4.69, 9.17) is 5.21 Å². The van der Waals surface area contributed by atoms with Crippen LogP contribution < -0.4 is 10.4 Å². The second-order valence-electron chi connectivity index (χ2n) is 4.98. The van der Waals surface area contributed by atoms with E-state index in [1.807, 2.05) is 19.0 Å². The van der Waals surface area contributed by atoms with Gasteiger partial charge in [-0.3, -0.25) is 10.0 Å². The van der Waals surface area contributed by atoms with Gasteiger partial charge in [0.15, 0.2) is 0 Å². The van der Waals surface area contributed by atoms with E-state index < -0.39 is 15.9 Å². The first-order valence-corrected chi connectivity index (χ1v) is 8.11. The fraction of sp³-hybridized carbons (Fsp3) is 0.133. The number of aromatic nitrogens is 1. The molecule has 0 unspecified atom stereocenters. The Morgan fingerprint density at radius 2 is 1.87 bits per heavy atom. The van der Waals surface area contributed by atoms with Crippen LogP contribution in [0.15, 0.2) is 53.7 Å². The van der Waals surface area contributed by atoms with E-state index in [9.17, 15) is 13.2 Å².